The van der Waals surface area contributed by atoms with Gasteiger partial charge in [-0.05, 0) is 51.6 Å². The molecule has 1 saturated heterocycles. The summed E-state index contributed by atoms with van der Waals surface area (Å²) >= 11 is 0. The molecular formula is C11H20N2O. The van der Waals surface area contributed by atoms with Crippen LogP contribution in [0.15, 0.2) is 0 Å². The maximum absolute atomic E-state index is 11.5. The number of carbonyl (C=O) groups excluding carboxylic acids is 1. The van der Waals surface area contributed by atoms with Crippen molar-refractivity contribution in [2.24, 2.45) is 11.8 Å². The normalized spacial score (nSPS) is 29.6. The molecule has 80 valence electrons. The summed E-state index contributed by atoms with van der Waals surface area (Å²) in [5.74, 6) is 1.25. The van der Waals surface area contributed by atoms with Crippen molar-refractivity contribution in [2.75, 3.05) is 13.1 Å². The average Bonchev–Trinajstić information content (AvgIpc) is 3.02. The van der Waals surface area contributed by atoms with Gasteiger partial charge in [-0.15, -0.1) is 0 Å². The van der Waals surface area contributed by atoms with Crippen LogP contribution in [0.1, 0.15) is 32.6 Å². The van der Waals surface area contributed by atoms with E-state index >= 15 is 0 Å². The Labute approximate surface area is 85.6 Å². The molecule has 0 radical (unpaired) electrons. The molecule has 1 amide bonds. The van der Waals surface area contributed by atoms with E-state index in [2.05, 4.69) is 17.6 Å². The molecule has 3 nitrogen and oxygen atoms in total. The topological polar surface area (TPSA) is 41.1 Å². The van der Waals surface area contributed by atoms with E-state index in [1.54, 1.807) is 0 Å². The number of nitrogens with one attached hydrogen (secondary N) is 2. The van der Waals surface area contributed by atoms with Crippen LogP contribution in [0.3, 0.4) is 0 Å². The van der Waals surface area contributed by atoms with Gasteiger partial charge in [0.2, 0.25) is 5.91 Å². The Bertz CT molecular complexity index is 207. The molecule has 2 N–H and O–H groups in total. The predicted molar refractivity (Wildman–Crippen MR) is 55.9 cm³/mol. The highest BCUT2D eigenvalue weighted by atomic mass is 16.2. The Kier molecular flexibility index (Phi) is 3.06. The van der Waals surface area contributed by atoms with Crippen LogP contribution in [0.4, 0.5) is 0 Å². The first-order valence-electron chi connectivity index (χ1n) is 5.78. The molecule has 1 aliphatic carbocycles. The van der Waals surface area contributed by atoms with E-state index in [1.807, 2.05) is 0 Å². The van der Waals surface area contributed by atoms with Crippen LogP contribution < -0.4 is 10.6 Å². The number of rotatable bonds is 3. The van der Waals surface area contributed by atoms with E-state index in [1.165, 1.54) is 12.8 Å². The van der Waals surface area contributed by atoms with Gasteiger partial charge < -0.3 is 10.6 Å². The molecule has 14 heavy (non-hydrogen) atoms. The summed E-state index contributed by atoms with van der Waals surface area (Å²) < 4.78 is 0. The van der Waals surface area contributed by atoms with Gasteiger partial charge in [0, 0.05) is 12.0 Å². The molecule has 0 aromatic heterocycles. The van der Waals surface area contributed by atoms with Gasteiger partial charge in [-0.2, -0.15) is 0 Å². The van der Waals surface area contributed by atoms with Crippen molar-refractivity contribution < 1.29 is 4.79 Å². The van der Waals surface area contributed by atoms with E-state index in [0.29, 0.717) is 17.9 Å². The van der Waals surface area contributed by atoms with Crippen molar-refractivity contribution in [2.45, 2.75) is 38.6 Å². The summed E-state index contributed by atoms with van der Waals surface area (Å²) in [7, 11) is 0. The first-order chi connectivity index (χ1) is 6.77. The molecule has 0 aromatic carbocycles. The van der Waals surface area contributed by atoms with Crippen LogP contribution in [0.2, 0.25) is 0 Å². The lowest BCUT2D eigenvalue weighted by Crippen LogP contribution is -2.45. The van der Waals surface area contributed by atoms with Gasteiger partial charge in [-0.25, -0.2) is 0 Å². The molecular weight excluding hydrogens is 176 g/mol. The Hall–Kier alpha value is -0.570. The number of carbonyl (C=O) groups is 1. The number of piperidine rings is 1. The second-order valence-electron chi connectivity index (χ2n) is 4.68. The SMILES string of the molecule is CC(NC(=O)C1CC1)C1CCCNC1. The van der Waals surface area contributed by atoms with E-state index in [9.17, 15) is 4.79 Å². The smallest absolute Gasteiger partial charge is 0.223 e. The number of hydrogen-bond acceptors (Lipinski definition) is 2. The summed E-state index contributed by atoms with van der Waals surface area (Å²) in [5, 5.41) is 6.52. The average molecular weight is 196 g/mol. The summed E-state index contributed by atoms with van der Waals surface area (Å²) in [5.41, 5.74) is 0. The fraction of sp³-hybridized carbons (Fsp3) is 0.909. The quantitative estimate of drug-likeness (QED) is 0.704. The van der Waals surface area contributed by atoms with E-state index in [4.69, 9.17) is 0 Å². The van der Waals surface area contributed by atoms with Crippen LogP contribution >= 0.6 is 0 Å². The zero-order chi connectivity index (χ0) is 9.97. The van der Waals surface area contributed by atoms with Crippen molar-refractivity contribution >= 4 is 5.91 Å². The standard InChI is InChI=1S/C11H20N2O/c1-8(10-3-2-6-12-7-10)13-11(14)9-4-5-9/h8-10,12H,2-7H2,1H3,(H,13,14). The lowest BCUT2D eigenvalue weighted by atomic mass is 9.93. The molecule has 2 unspecified atom stereocenters. The molecule has 2 aliphatic rings. The number of hydrogen-bond donors (Lipinski definition) is 2. The summed E-state index contributed by atoms with van der Waals surface area (Å²) in [6, 6.07) is 0.343. The molecule has 1 heterocycles. The highest BCUT2D eigenvalue weighted by Gasteiger charge is 2.31. The summed E-state index contributed by atoms with van der Waals surface area (Å²) in [6.07, 6.45) is 4.69. The molecule has 2 atom stereocenters. The molecule has 0 aromatic rings. The van der Waals surface area contributed by atoms with Crippen LogP contribution in [-0.2, 0) is 4.79 Å². The third kappa shape index (κ3) is 2.47. The lowest BCUT2D eigenvalue weighted by Gasteiger charge is -2.28. The first kappa shape index (κ1) is 9.97. The molecule has 0 spiro atoms. The fourth-order valence-electron chi connectivity index (χ4n) is 2.11. The Morgan fingerprint density at radius 1 is 1.43 bits per heavy atom. The zero-order valence-corrected chi connectivity index (χ0v) is 8.88. The lowest BCUT2D eigenvalue weighted by molar-refractivity contribution is -0.123. The van der Waals surface area contributed by atoms with Crippen molar-refractivity contribution in [3.05, 3.63) is 0 Å². The van der Waals surface area contributed by atoms with Crippen molar-refractivity contribution in [3.63, 3.8) is 0 Å². The van der Waals surface area contributed by atoms with Gasteiger partial charge in [0.1, 0.15) is 0 Å². The van der Waals surface area contributed by atoms with Gasteiger partial charge in [-0.3, -0.25) is 4.79 Å². The molecule has 2 rings (SSSR count). The van der Waals surface area contributed by atoms with Gasteiger partial charge in [0.25, 0.3) is 0 Å². The third-order valence-electron chi connectivity index (χ3n) is 3.36. The minimum Gasteiger partial charge on any atom is -0.353 e. The van der Waals surface area contributed by atoms with Gasteiger partial charge >= 0.3 is 0 Å². The molecule has 0 bridgehead atoms. The minimum absolute atomic E-state index is 0.281. The largest absolute Gasteiger partial charge is 0.353 e. The molecule has 3 heteroatoms. The maximum atomic E-state index is 11.5. The maximum Gasteiger partial charge on any atom is 0.223 e. The second-order valence-corrected chi connectivity index (χ2v) is 4.68. The van der Waals surface area contributed by atoms with Crippen molar-refractivity contribution in [1.29, 1.82) is 0 Å². The van der Waals surface area contributed by atoms with Crippen LogP contribution in [0.5, 0.6) is 0 Å². The minimum atomic E-state index is 0.281. The highest BCUT2D eigenvalue weighted by molar-refractivity contribution is 5.81. The Balaban J connectivity index is 1.75. The van der Waals surface area contributed by atoms with Crippen LogP contribution in [-0.4, -0.2) is 25.0 Å². The molecule has 1 aliphatic heterocycles. The monoisotopic (exact) mass is 196 g/mol. The summed E-state index contributed by atoms with van der Waals surface area (Å²) in [4.78, 5) is 11.5. The fourth-order valence-corrected chi connectivity index (χ4v) is 2.11. The predicted octanol–water partition coefficient (Wildman–Crippen LogP) is 0.901. The van der Waals surface area contributed by atoms with E-state index < -0.39 is 0 Å². The summed E-state index contributed by atoms with van der Waals surface area (Å²) in [6.45, 7) is 4.34. The second kappa shape index (κ2) is 4.30. The molecule has 2 fully saturated rings. The van der Waals surface area contributed by atoms with Crippen LogP contribution in [0, 0.1) is 11.8 Å². The zero-order valence-electron chi connectivity index (χ0n) is 8.88. The van der Waals surface area contributed by atoms with Crippen molar-refractivity contribution in [1.82, 2.24) is 10.6 Å². The van der Waals surface area contributed by atoms with Crippen LogP contribution in [0.25, 0.3) is 0 Å². The first-order valence-corrected chi connectivity index (χ1v) is 5.78. The Morgan fingerprint density at radius 3 is 2.79 bits per heavy atom. The highest BCUT2D eigenvalue weighted by Crippen LogP contribution is 2.29. The Morgan fingerprint density at radius 2 is 2.21 bits per heavy atom. The third-order valence-corrected chi connectivity index (χ3v) is 3.36. The van der Waals surface area contributed by atoms with Gasteiger partial charge in [0.15, 0.2) is 0 Å². The van der Waals surface area contributed by atoms with E-state index in [0.717, 1.165) is 25.9 Å². The van der Waals surface area contributed by atoms with Gasteiger partial charge in [-0.1, -0.05) is 0 Å². The molecule has 1 saturated carbocycles. The number of amides is 1. The van der Waals surface area contributed by atoms with E-state index in [-0.39, 0.29) is 5.91 Å². The van der Waals surface area contributed by atoms with Crippen molar-refractivity contribution in [3.8, 4) is 0 Å². The van der Waals surface area contributed by atoms with Gasteiger partial charge in [0.05, 0.1) is 0 Å².